The number of aliphatic hydroxyl groups is 2. The van der Waals surface area contributed by atoms with E-state index in [0.29, 0.717) is 12.8 Å². The molecule has 2 nitrogen and oxygen atoms in total. The normalized spacial score (nSPS) is 27.1. The third-order valence-electron chi connectivity index (χ3n) is 4.23. The molecule has 0 atom stereocenters. The van der Waals surface area contributed by atoms with E-state index in [0.717, 1.165) is 56.9 Å². The Balaban J connectivity index is 1.84. The maximum Gasteiger partial charge on any atom is 0.0684 e. The van der Waals surface area contributed by atoms with Crippen LogP contribution in [0.2, 0.25) is 0 Å². The first-order valence-electron chi connectivity index (χ1n) is 6.63. The molecule has 0 amide bonds. The van der Waals surface area contributed by atoms with Gasteiger partial charge < -0.3 is 10.2 Å². The van der Waals surface area contributed by atoms with E-state index in [4.69, 9.17) is 0 Å². The van der Waals surface area contributed by atoms with Crippen LogP contribution in [0.1, 0.15) is 64.2 Å². The Labute approximate surface area is 98.4 Å². The number of hydrogen-bond donors (Lipinski definition) is 2. The molecule has 2 heteroatoms. The lowest BCUT2D eigenvalue weighted by Crippen LogP contribution is -2.29. The zero-order valence-corrected chi connectivity index (χ0v) is 10.2. The van der Waals surface area contributed by atoms with E-state index in [-0.39, 0.29) is 0 Å². The van der Waals surface area contributed by atoms with Crippen LogP contribution in [-0.2, 0) is 0 Å². The van der Waals surface area contributed by atoms with Crippen LogP contribution in [0.25, 0.3) is 0 Å². The van der Waals surface area contributed by atoms with Gasteiger partial charge in [-0.3, -0.25) is 0 Å². The van der Waals surface area contributed by atoms with Gasteiger partial charge in [0.25, 0.3) is 0 Å². The summed E-state index contributed by atoms with van der Waals surface area (Å²) in [6, 6.07) is 0. The lowest BCUT2D eigenvalue weighted by Gasteiger charge is -2.28. The van der Waals surface area contributed by atoms with Crippen LogP contribution < -0.4 is 0 Å². The Morgan fingerprint density at radius 1 is 0.812 bits per heavy atom. The fourth-order valence-corrected chi connectivity index (χ4v) is 3.41. The average Bonchev–Trinajstić information content (AvgIpc) is 2.75. The van der Waals surface area contributed by atoms with Crippen molar-refractivity contribution in [1.29, 1.82) is 0 Å². The summed E-state index contributed by atoms with van der Waals surface area (Å²) in [6.45, 7) is 4.05. The molecule has 0 radical (unpaired) electrons. The third-order valence-corrected chi connectivity index (χ3v) is 4.23. The predicted molar refractivity (Wildman–Crippen MR) is 65.2 cm³/mol. The van der Waals surface area contributed by atoms with E-state index < -0.39 is 11.2 Å². The van der Waals surface area contributed by atoms with E-state index in [2.05, 4.69) is 6.58 Å². The SMILES string of the molecule is C=C(CC1(O)CCCC1)CC1(O)CCCC1. The minimum atomic E-state index is -0.508. The van der Waals surface area contributed by atoms with Crippen LogP contribution in [0.4, 0.5) is 0 Å². The van der Waals surface area contributed by atoms with Crippen LogP contribution >= 0.6 is 0 Å². The van der Waals surface area contributed by atoms with Crippen molar-refractivity contribution in [2.24, 2.45) is 0 Å². The van der Waals surface area contributed by atoms with E-state index in [1.807, 2.05) is 0 Å². The van der Waals surface area contributed by atoms with Crippen molar-refractivity contribution in [3.63, 3.8) is 0 Å². The Hall–Kier alpha value is -0.340. The van der Waals surface area contributed by atoms with Gasteiger partial charge in [0, 0.05) is 0 Å². The first-order valence-corrected chi connectivity index (χ1v) is 6.63. The van der Waals surface area contributed by atoms with Crippen molar-refractivity contribution >= 4 is 0 Å². The van der Waals surface area contributed by atoms with Crippen molar-refractivity contribution in [1.82, 2.24) is 0 Å². The molecule has 16 heavy (non-hydrogen) atoms. The highest BCUT2D eigenvalue weighted by molar-refractivity contribution is 5.08. The molecule has 0 saturated heterocycles. The highest BCUT2D eigenvalue weighted by atomic mass is 16.3. The Bertz CT molecular complexity index is 232. The zero-order valence-electron chi connectivity index (χ0n) is 10.2. The van der Waals surface area contributed by atoms with Gasteiger partial charge in [0.2, 0.25) is 0 Å². The molecule has 0 heterocycles. The molecule has 0 aromatic rings. The fourth-order valence-electron chi connectivity index (χ4n) is 3.41. The summed E-state index contributed by atoms with van der Waals surface area (Å²) in [5.41, 5.74) is 0.0201. The molecule has 0 aromatic heterocycles. The molecule has 2 saturated carbocycles. The van der Waals surface area contributed by atoms with E-state index in [1.54, 1.807) is 0 Å². The van der Waals surface area contributed by atoms with Crippen LogP contribution in [0.5, 0.6) is 0 Å². The molecule has 0 unspecified atom stereocenters. The molecular weight excluding hydrogens is 200 g/mol. The minimum Gasteiger partial charge on any atom is -0.390 e. The van der Waals surface area contributed by atoms with E-state index in [9.17, 15) is 10.2 Å². The minimum absolute atomic E-state index is 0.508. The van der Waals surface area contributed by atoms with Crippen LogP contribution in [0.3, 0.4) is 0 Å². The Morgan fingerprint density at radius 3 is 1.44 bits per heavy atom. The van der Waals surface area contributed by atoms with Gasteiger partial charge in [0.15, 0.2) is 0 Å². The smallest absolute Gasteiger partial charge is 0.0684 e. The second kappa shape index (κ2) is 4.50. The molecule has 2 rings (SSSR count). The van der Waals surface area contributed by atoms with Gasteiger partial charge in [-0.2, -0.15) is 0 Å². The monoisotopic (exact) mass is 224 g/mol. The summed E-state index contributed by atoms with van der Waals surface area (Å²) in [5.74, 6) is 0. The van der Waals surface area contributed by atoms with Crippen molar-refractivity contribution < 1.29 is 10.2 Å². The van der Waals surface area contributed by atoms with Crippen molar-refractivity contribution in [3.8, 4) is 0 Å². The number of rotatable bonds is 4. The van der Waals surface area contributed by atoms with Gasteiger partial charge >= 0.3 is 0 Å². The van der Waals surface area contributed by atoms with Crippen molar-refractivity contribution in [3.05, 3.63) is 12.2 Å². The molecule has 2 aliphatic rings. The van der Waals surface area contributed by atoms with Crippen LogP contribution in [-0.4, -0.2) is 21.4 Å². The summed E-state index contributed by atoms with van der Waals surface area (Å²) in [6.07, 6.45) is 9.54. The molecule has 0 aromatic carbocycles. The van der Waals surface area contributed by atoms with Crippen molar-refractivity contribution in [2.75, 3.05) is 0 Å². The second-order valence-corrected chi connectivity index (χ2v) is 5.97. The second-order valence-electron chi connectivity index (χ2n) is 5.97. The van der Waals surface area contributed by atoms with E-state index in [1.165, 1.54) is 0 Å². The summed E-state index contributed by atoms with van der Waals surface area (Å²) in [7, 11) is 0. The average molecular weight is 224 g/mol. The van der Waals surface area contributed by atoms with Gasteiger partial charge in [-0.1, -0.05) is 37.8 Å². The zero-order chi connectivity index (χ0) is 11.6. The maximum absolute atomic E-state index is 10.3. The fraction of sp³-hybridized carbons (Fsp3) is 0.857. The summed E-state index contributed by atoms with van der Waals surface area (Å²) in [5, 5.41) is 20.6. The van der Waals surface area contributed by atoms with Gasteiger partial charge in [-0.15, -0.1) is 0 Å². The molecule has 0 spiro atoms. The first kappa shape index (κ1) is 12.1. The van der Waals surface area contributed by atoms with Crippen LogP contribution in [0, 0.1) is 0 Å². The Morgan fingerprint density at radius 2 is 1.12 bits per heavy atom. The predicted octanol–water partition coefficient (Wildman–Crippen LogP) is 2.93. The van der Waals surface area contributed by atoms with Gasteiger partial charge in [-0.05, 0) is 38.5 Å². The van der Waals surface area contributed by atoms with Gasteiger partial charge in [0.1, 0.15) is 0 Å². The summed E-state index contributed by atoms with van der Waals surface area (Å²) >= 11 is 0. The van der Waals surface area contributed by atoms with Crippen LogP contribution in [0.15, 0.2) is 12.2 Å². The van der Waals surface area contributed by atoms with Gasteiger partial charge in [0.05, 0.1) is 11.2 Å². The lowest BCUT2D eigenvalue weighted by molar-refractivity contribution is 0.0295. The molecule has 2 N–H and O–H groups in total. The summed E-state index contributed by atoms with van der Waals surface area (Å²) < 4.78 is 0. The molecular formula is C14H24O2. The number of hydrogen-bond acceptors (Lipinski definition) is 2. The first-order chi connectivity index (χ1) is 7.52. The Kier molecular flexibility index (Phi) is 3.41. The topological polar surface area (TPSA) is 40.5 Å². The third kappa shape index (κ3) is 2.86. The van der Waals surface area contributed by atoms with Crippen molar-refractivity contribution in [2.45, 2.75) is 75.4 Å². The standard InChI is InChI=1S/C14H24O2/c1-12(10-13(15)6-2-3-7-13)11-14(16)8-4-5-9-14/h15-16H,1-11H2. The molecule has 0 aliphatic heterocycles. The molecule has 2 aliphatic carbocycles. The maximum atomic E-state index is 10.3. The highest BCUT2D eigenvalue weighted by Gasteiger charge is 2.35. The largest absolute Gasteiger partial charge is 0.390 e. The molecule has 0 bridgehead atoms. The quantitative estimate of drug-likeness (QED) is 0.721. The molecule has 92 valence electrons. The van der Waals surface area contributed by atoms with Gasteiger partial charge in [-0.25, -0.2) is 0 Å². The summed E-state index contributed by atoms with van der Waals surface area (Å²) in [4.78, 5) is 0. The van der Waals surface area contributed by atoms with E-state index >= 15 is 0 Å². The highest BCUT2D eigenvalue weighted by Crippen LogP contribution is 2.39. The lowest BCUT2D eigenvalue weighted by atomic mass is 9.86. The molecule has 2 fully saturated rings.